The highest BCUT2D eigenvalue weighted by Crippen LogP contribution is 2.47. The molecule has 0 saturated heterocycles. The number of pyridine rings is 2. The first-order chi connectivity index (χ1) is 26.4. The summed E-state index contributed by atoms with van der Waals surface area (Å²) in [7, 11) is 2.96. The smallest absolute Gasteiger partial charge is 0.418 e. The summed E-state index contributed by atoms with van der Waals surface area (Å²) in [6, 6.07) is 16.7. The Morgan fingerprint density at radius 2 is 1.69 bits per heavy atom. The number of aromatic nitrogens is 2. The van der Waals surface area contributed by atoms with Crippen LogP contribution in [0.2, 0.25) is 5.02 Å². The third kappa shape index (κ3) is 7.96. The number of benzene rings is 2. The van der Waals surface area contributed by atoms with Crippen molar-refractivity contribution in [2.24, 2.45) is 11.3 Å². The molecule has 7 rings (SSSR count). The molecule has 55 heavy (non-hydrogen) atoms. The van der Waals surface area contributed by atoms with Crippen LogP contribution in [0, 0.1) is 11.3 Å². The van der Waals surface area contributed by atoms with Gasteiger partial charge in [0.15, 0.2) is 0 Å². The zero-order chi connectivity index (χ0) is 38.9. The van der Waals surface area contributed by atoms with Gasteiger partial charge in [0.1, 0.15) is 5.78 Å². The minimum absolute atomic E-state index is 0.0679. The maximum absolute atomic E-state index is 14.6. The number of carbonyl (C=O) groups is 2. The average molecular weight is 776 g/mol. The number of ketones is 1. The highest BCUT2D eigenvalue weighted by molar-refractivity contribution is 6.36. The summed E-state index contributed by atoms with van der Waals surface area (Å²) in [4.78, 5) is 32.8. The van der Waals surface area contributed by atoms with Gasteiger partial charge in [-0.15, -0.1) is 0 Å². The maximum atomic E-state index is 14.6. The van der Waals surface area contributed by atoms with E-state index in [4.69, 9.17) is 26.1 Å². The van der Waals surface area contributed by atoms with Crippen LogP contribution in [0.25, 0.3) is 22.4 Å². The lowest BCUT2D eigenvalue weighted by Gasteiger charge is -2.37. The van der Waals surface area contributed by atoms with Gasteiger partial charge in [-0.2, -0.15) is 13.2 Å². The second kappa shape index (κ2) is 15.9. The van der Waals surface area contributed by atoms with Crippen LogP contribution in [-0.2, 0) is 41.6 Å². The van der Waals surface area contributed by atoms with E-state index in [-0.39, 0.29) is 42.3 Å². The number of Topliss-reactive ketones (excluding diaryl/α,β-unsaturated/α-hetero) is 1. The van der Waals surface area contributed by atoms with Crippen LogP contribution in [0.3, 0.4) is 0 Å². The SMILES string of the molecule is COc1nc(-c2cccc(-c3cccc4c3CC[C@@H]4Cc3nc(OC)c(CCC4(C(=O)O)CCC4)cc3C(F)(F)F)c2Cl)ccc1CNCC1CCC(=O)C1. The maximum Gasteiger partial charge on any atom is 0.418 e. The first-order valence-electron chi connectivity index (χ1n) is 19.0. The average Bonchev–Trinajstić information content (AvgIpc) is 3.76. The number of carboxylic acid groups (broad SMARTS) is 1. The van der Waals surface area contributed by atoms with Crippen molar-refractivity contribution in [3.8, 4) is 34.1 Å². The van der Waals surface area contributed by atoms with Gasteiger partial charge in [-0.05, 0) is 98.6 Å². The van der Waals surface area contributed by atoms with Gasteiger partial charge in [0.25, 0.3) is 0 Å². The molecule has 290 valence electrons. The van der Waals surface area contributed by atoms with E-state index in [9.17, 15) is 27.9 Å². The Bertz CT molecular complexity index is 2100. The third-order valence-electron chi connectivity index (χ3n) is 11.9. The molecule has 1 unspecified atom stereocenters. The van der Waals surface area contributed by atoms with Crippen molar-refractivity contribution in [1.29, 1.82) is 0 Å². The molecule has 4 aromatic rings. The second-order valence-corrected chi connectivity index (χ2v) is 15.6. The van der Waals surface area contributed by atoms with Gasteiger partial charge in [0.2, 0.25) is 11.8 Å². The molecule has 0 spiro atoms. The summed E-state index contributed by atoms with van der Waals surface area (Å²) in [5, 5.41) is 13.7. The molecule has 2 heterocycles. The molecule has 2 aromatic carbocycles. The molecule has 0 aliphatic heterocycles. The number of aliphatic carboxylic acids is 1. The minimum Gasteiger partial charge on any atom is -0.481 e. The molecular weight excluding hydrogens is 731 g/mol. The van der Waals surface area contributed by atoms with Crippen LogP contribution < -0.4 is 14.8 Å². The van der Waals surface area contributed by atoms with Gasteiger partial charge in [0.05, 0.1) is 41.6 Å². The Hall–Kier alpha value is -4.48. The highest BCUT2D eigenvalue weighted by Gasteiger charge is 2.44. The van der Waals surface area contributed by atoms with Crippen LogP contribution in [0.1, 0.15) is 90.8 Å². The standard InChI is InChI=1S/C43H45ClF3N3O5/c1-54-39-27(16-19-42(41(52)53)17-5-18-42)21-35(43(45,46)47)37(50-39)22-26-11-14-32-30(26)6-3-7-31(32)33-8-4-9-34(38(33)44)36-15-12-28(40(49-36)55-2)24-48-23-25-10-13-29(51)20-25/h3-4,6-9,12,15,21,25-26,48H,5,10-11,13-14,16-20,22-24H2,1-2H3,(H,52,53)/t25?,26-/m1/s1. The molecule has 8 nitrogen and oxygen atoms in total. The normalized spacial score (nSPS) is 18.9. The Labute approximate surface area is 323 Å². The number of alkyl halides is 3. The van der Waals surface area contributed by atoms with Gasteiger partial charge in [-0.25, -0.2) is 9.97 Å². The van der Waals surface area contributed by atoms with Crippen molar-refractivity contribution in [1.82, 2.24) is 15.3 Å². The van der Waals surface area contributed by atoms with Gasteiger partial charge >= 0.3 is 12.1 Å². The van der Waals surface area contributed by atoms with Crippen LogP contribution in [0.5, 0.6) is 11.8 Å². The third-order valence-corrected chi connectivity index (χ3v) is 12.3. The topological polar surface area (TPSA) is 111 Å². The summed E-state index contributed by atoms with van der Waals surface area (Å²) < 4.78 is 55.0. The number of aryl methyl sites for hydroxylation is 1. The number of methoxy groups -OCH3 is 2. The first-order valence-corrected chi connectivity index (χ1v) is 19.3. The first kappa shape index (κ1) is 38.8. The fraction of sp³-hybridized carbons (Fsp3) is 0.442. The number of carbonyl (C=O) groups excluding carboxylic acids is 1. The lowest BCUT2D eigenvalue weighted by atomic mass is 9.66. The predicted octanol–water partition coefficient (Wildman–Crippen LogP) is 9.42. The number of rotatable bonds is 14. The molecule has 0 bridgehead atoms. The van der Waals surface area contributed by atoms with E-state index in [1.807, 2.05) is 48.5 Å². The van der Waals surface area contributed by atoms with E-state index in [1.165, 1.54) is 7.11 Å². The van der Waals surface area contributed by atoms with Crippen LogP contribution in [0.4, 0.5) is 13.2 Å². The molecule has 2 saturated carbocycles. The van der Waals surface area contributed by atoms with E-state index in [0.717, 1.165) is 58.8 Å². The van der Waals surface area contributed by atoms with E-state index in [0.29, 0.717) is 73.4 Å². The number of carboxylic acids is 1. The summed E-state index contributed by atoms with van der Waals surface area (Å²) in [6.45, 7) is 1.31. The van der Waals surface area contributed by atoms with Crippen LogP contribution in [0.15, 0.2) is 54.6 Å². The summed E-state index contributed by atoms with van der Waals surface area (Å²) >= 11 is 7.15. The Kier molecular flexibility index (Phi) is 11.2. The molecule has 2 aromatic heterocycles. The van der Waals surface area contributed by atoms with Gasteiger partial charge in [0, 0.05) is 41.6 Å². The quantitative estimate of drug-likeness (QED) is 0.130. The number of ether oxygens (including phenoxy) is 2. The van der Waals surface area contributed by atoms with E-state index >= 15 is 0 Å². The van der Waals surface area contributed by atoms with Crippen molar-refractivity contribution >= 4 is 23.4 Å². The Morgan fingerprint density at radius 1 is 0.964 bits per heavy atom. The molecule has 2 N–H and O–H groups in total. The lowest BCUT2D eigenvalue weighted by molar-refractivity contribution is -0.155. The van der Waals surface area contributed by atoms with Crippen molar-refractivity contribution in [3.05, 3.63) is 93.1 Å². The summed E-state index contributed by atoms with van der Waals surface area (Å²) in [5.41, 5.74) is 4.47. The zero-order valence-electron chi connectivity index (χ0n) is 31.0. The van der Waals surface area contributed by atoms with Gasteiger partial charge in [-0.3, -0.25) is 9.59 Å². The van der Waals surface area contributed by atoms with Gasteiger partial charge < -0.3 is 19.9 Å². The van der Waals surface area contributed by atoms with Crippen LogP contribution in [-0.4, -0.2) is 47.6 Å². The fourth-order valence-corrected chi connectivity index (χ4v) is 8.99. The largest absolute Gasteiger partial charge is 0.481 e. The fourth-order valence-electron chi connectivity index (χ4n) is 8.66. The molecule has 3 aliphatic rings. The molecular formula is C43H45ClF3N3O5. The summed E-state index contributed by atoms with van der Waals surface area (Å²) in [5.74, 6) is 0.145. The molecule has 12 heteroatoms. The second-order valence-electron chi connectivity index (χ2n) is 15.2. The molecule has 0 radical (unpaired) electrons. The van der Waals surface area contributed by atoms with Crippen molar-refractivity contribution in [3.63, 3.8) is 0 Å². The number of nitrogens with one attached hydrogen (secondary N) is 1. The zero-order valence-corrected chi connectivity index (χ0v) is 31.8. The number of nitrogens with zero attached hydrogens (tertiary/aromatic N) is 2. The lowest BCUT2D eigenvalue weighted by Crippen LogP contribution is -2.38. The van der Waals surface area contributed by atoms with Crippen molar-refractivity contribution < 1.29 is 37.3 Å². The number of hydrogen-bond donors (Lipinski definition) is 2. The van der Waals surface area contributed by atoms with E-state index in [2.05, 4.69) is 10.3 Å². The van der Waals surface area contributed by atoms with Crippen molar-refractivity contribution in [2.75, 3.05) is 20.8 Å². The van der Waals surface area contributed by atoms with Crippen molar-refractivity contribution in [2.45, 2.75) is 89.3 Å². The Balaban J connectivity index is 1.13. The number of hydrogen-bond acceptors (Lipinski definition) is 7. The van der Waals surface area contributed by atoms with Gasteiger partial charge in [-0.1, -0.05) is 60.5 Å². The molecule has 0 amide bonds. The predicted molar refractivity (Wildman–Crippen MR) is 204 cm³/mol. The van der Waals surface area contributed by atoms with Crippen LogP contribution >= 0.6 is 11.6 Å². The number of halogens is 4. The monoisotopic (exact) mass is 775 g/mol. The number of fused-ring (bicyclic) bond motifs is 1. The minimum atomic E-state index is -4.65. The van der Waals surface area contributed by atoms with E-state index in [1.54, 1.807) is 7.11 Å². The summed E-state index contributed by atoms with van der Waals surface area (Å²) in [6.07, 6.45) is 1.11. The highest BCUT2D eigenvalue weighted by atomic mass is 35.5. The molecule has 3 aliphatic carbocycles. The molecule has 2 atom stereocenters. The Morgan fingerprint density at radius 3 is 2.36 bits per heavy atom. The molecule has 2 fully saturated rings. The van der Waals surface area contributed by atoms with E-state index < -0.39 is 23.1 Å².